The average Bonchev–Trinajstić information content (AvgIpc) is 3.39. The highest BCUT2D eigenvalue weighted by molar-refractivity contribution is 7.45. The molecular formula is C67H125N2O7P. The molecule has 1 amide bonds. The molecule has 0 spiro atoms. The van der Waals surface area contributed by atoms with Crippen LogP contribution in [0.3, 0.4) is 0 Å². The van der Waals surface area contributed by atoms with Gasteiger partial charge in [0.05, 0.1) is 33.8 Å². The maximum atomic E-state index is 13.5. The Morgan fingerprint density at radius 1 is 0.455 bits per heavy atom. The van der Waals surface area contributed by atoms with Crippen molar-refractivity contribution in [3.8, 4) is 0 Å². The third kappa shape index (κ3) is 58.2. The lowest BCUT2D eigenvalue weighted by Gasteiger charge is -2.30. The number of hydrogen-bond acceptors (Lipinski definition) is 7. The predicted octanol–water partition coefficient (Wildman–Crippen LogP) is 19.6. The molecule has 77 heavy (non-hydrogen) atoms. The Kier molecular flexibility index (Phi) is 55.3. The van der Waals surface area contributed by atoms with E-state index in [1.54, 1.807) is 0 Å². The Morgan fingerprint density at radius 3 is 1.21 bits per heavy atom. The standard InChI is InChI=1S/C67H125N2O7P/c1-7-10-13-16-19-22-25-27-29-31-32-33-34-35-36-38-39-41-44-47-50-53-56-59-66(70)68-64(63-75-77(72,73)74-62-61-69(4,5)6)65(58-55-52-49-46-43-24-21-18-15-12-9-3)76-67(71)60-57-54-51-48-45-42-40-37-30-28-26-23-20-17-14-11-8-2/h19,22,27,29,32-33,35-36,55,58,64-65H,7-18,20-21,23-26,28,30-31,34,37-54,56-57,59-63H2,1-6H3,(H-,68,70,72,73)/b22-19-,29-27-,33-32-,36-35-,58-55-. The first-order valence-electron chi connectivity index (χ1n) is 32.6. The summed E-state index contributed by atoms with van der Waals surface area (Å²) in [7, 11) is 1.18. The van der Waals surface area contributed by atoms with E-state index in [9.17, 15) is 19.0 Å². The molecule has 0 aliphatic carbocycles. The Labute approximate surface area is 477 Å². The number of ether oxygens (including phenoxy) is 1. The number of nitrogens with one attached hydrogen (secondary N) is 1. The fourth-order valence-electron chi connectivity index (χ4n) is 9.39. The number of rotatable bonds is 59. The van der Waals surface area contributed by atoms with Gasteiger partial charge in [-0.2, -0.15) is 0 Å². The first kappa shape index (κ1) is 74.7. The number of unbranched alkanes of at least 4 members (excludes halogenated alkanes) is 35. The van der Waals surface area contributed by atoms with Crippen LogP contribution in [-0.2, 0) is 27.9 Å². The molecule has 1 N–H and O–H groups in total. The van der Waals surface area contributed by atoms with E-state index >= 15 is 0 Å². The van der Waals surface area contributed by atoms with E-state index in [2.05, 4.69) is 74.7 Å². The van der Waals surface area contributed by atoms with Gasteiger partial charge >= 0.3 is 5.97 Å². The number of phosphoric ester groups is 1. The molecule has 450 valence electrons. The van der Waals surface area contributed by atoms with Crippen LogP contribution >= 0.6 is 7.82 Å². The summed E-state index contributed by atoms with van der Waals surface area (Å²) in [4.78, 5) is 40.0. The van der Waals surface area contributed by atoms with Gasteiger partial charge in [-0.25, -0.2) is 0 Å². The average molecular weight is 1100 g/mol. The number of allylic oxidation sites excluding steroid dienone is 9. The lowest BCUT2D eigenvalue weighted by atomic mass is 10.0. The second-order valence-electron chi connectivity index (χ2n) is 23.3. The molecule has 0 radical (unpaired) electrons. The lowest BCUT2D eigenvalue weighted by molar-refractivity contribution is -0.870. The highest BCUT2D eigenvalue weighted by atomic mass is 31.2. The van der Waals surface area contributed by atoms with Crippen molar-refractivity contribution in [2.75, 3.05) is 40.9 Å². The van der Waals surface area contributed by atoms with Crippen molar-refractivity contribution in [3.05, 3.63) is 60.8 Å². The van der Waals surface area contributed by atoms with Crippen LogP contribution in [0.4, 0.5) is 0 Å². The molecular weight excluding hydrogens is 976 g/mol. The fourth-order valence-corrected chi connectivity index (χ4v) is 10.1. The first-order valence-corrected chi connectivity index (χ1v) is 34.1. The summed E-state index contributed by atoms with van der Waals surface area (Å²) in [5, 5.41) is 3.03. The Bertz CT molecular complexity index is 1500. The summed E-state index contributed by atoms with van der Waals surface area (Å²) in [5.74, 6) is -0.544. The lowest BCUT2D eigenvalue weighted by Crippen LogP contribution is -2.47. The minimum Gasteiger partial charge on any atom is -0.756 e. The van der Waals surface area contributed by atoms with Gasteiger partial charge in [-0.15, -0.1) is 0 Å². The molecule has 0 fully saturated rings. The van der Waals surface area contributed by atoms with Gasteiger partial charge < -0.3 is 28.5 Å². The van der Waals surface area contributed by atoms with Crippen LogP contribution in [0.25, 0.3) is 0 Å². The largest absolute Gasteiger partial charge is 0.756 e. The highest BCUT2D eigenvalue weighted by Crippen LogP contribution is 2.38. The smallest absolute Gasteiger partial charge is 0.306 e. The fraction of sp³-hybridized carbons (Fsp3) is 0.821. The molecule has 0 bridgehead atoms. The Hall–Kier alpha value is -2.29. The maximum Gasteiger partial charge on any atom is 0.306 e. The number of carbonyl (C=O) groups is 2. The number of amides is 1. The van der Waals surface area contributed by atoms with E-state index < -0.39 is 26.6 Å². The minimum atomic E-state index is -4.70. The van der Waals surface area contributed by atoms with Crippen molar-refractivity contribution in [3.63, 3.8) is 0 Å². The number of phosphoric acid groups is 1. The number of carbonyl (C=O) groups excluding carboxylic acids is 2. The van der Waals surface area contributed by atoms with Crippen molar-refractivity contribution in [1.29, 1.82) is 0 Å². The molecule has 0 saturated heterocycles. The third-order valence-corrected chi connectivity index (χ3v) is 15.4. The molecule has 0 aromatic rings. The second kappa shape index (κ2) is 57.0. The molecule has 9 nitrogen and oxygen atoms in total. The molecule has 3 unspecified atom stereocenters. The van der Waals surface area contributed by atoms with E-state index in [0.29, 0.717) is 17.4 Å². The van der Waals surface area contributed by atoms with Crippen LogP contribution in [0, 0.1) is 0 Å². The van der Waals surface area contributed by atoms with Crippen molar-refractivity contribution in [1.82, 2.24) is 5.32 Å². The van der Waals surface area contributed by atoms with Crippen molar-refractivity contribution in [2.24, 2.45) is 0 Å². The summed E-state index contributed by atoms with van der Waals surface area (Å²) in [6.07, 6.45) is 71.8. The number of likely N-dealkylation sites (N-methyl/N-ethyl adjacent to an activating group) is 1. The number of esters is 1. The molecule has 0 rings (SSSR count). The van der Waals surface area contributed by atoms with Gasteiger partial charge in [0.2, 0.25) is 5.91 Å². The van der Waals surface area contributed by atoms with Crippen LogP contribution in [-0.4, -0.2) is 69.4 Å². The predicted molar refractivity (Wildman–Crippen MR) is 330 cm³/mol. The van der Waals surface area contributed by atoms with E-state index in [4.69, 9.17) is 13.8 Å². The number of quaternary nitrogens is 1. The second-order valence-corrected chi connectivity index (χ2v) is 24.7. The number of nitrogens with zero attached hydrogens (tertiary/aromatic N) is 1. The third-order valence-electron chi connectivity index (χ3n) is 14.5. The van der Waals surface area contributed by atoms with Gasteiger partial charge in [-0.05, 0) is 76.7 Å². The van der Waals surface area contributed by atoms with Crippen LogP contribution < -0.4 is 10.2 Å². The minimum absolute atomic E-state index is 0.0247. The number of hydrogen-bond donors (Lipinski definition) is 1. The van der Waals surface area contributed by atoms with Crippen molar-refractivity contribution >= 4 is 19.7 Å². The summed E-state index contributed by atoms with van der Waals surface area (Å²) >= 11 is 0. The van der Waals surface area contributed by atoms with Gasteiger partial charge in [0.25, 0.3) is 7.82 Å². The highest BCUT2D eigenvalue weighted by Gasteiger charge is 2.27. The van der Waals surface area contributed by atoms with Gasteiger partial charge in [0, 0.05) is 12.8 Å². The van der Waals surface area contributed by atoms with Crippen LogP contribution in [0.2, 0.25) is 0 Å². The Morgan fingerprint density at radius 2 is 0.792 bits per heavy atom. The quantitative estimate of drug-likeness (QED) is 0.0212. The summed E-state index contributed by atoms with van der Waals surface area (Å²) in [5.41, 5.74) is 0. The van der Waals surface area contributed by atoms with E-state index in [-0.39, 0.29) is 24.9 Å². The van der Waals surface area contributed by atoms with Gasteiger partial charge in [-0.1, -0.05) is 275 Å². The van der Waals surface area contributed by atoms with E-state index in [1.165, 1.54) is 180 Å². The van der Waals surface area contributed by atoms with Gasteiger partial charge in [-0.3, -0.25) is 14.2 Å². The topological polar surface area (TPSA) is 114 Å². The zero-order chi connectivity index (χ0) is 56.4. The zero-order valence-electron chi connectivity index (χ0n) is 51.4. The summed E-state index contributed by atoms with van der Waals surface area (Å²) in [6, 6.07) is -0.893. The molecule has 0 saturated carbocycles. The first-order chi connectivity index (χ1) is 37.4. The normalized spacial score (nSPS) is 14.0. The SMILES string of the molecule is CCCCC/C=C\C/C=C\C/C=C\C/C=C\CCCCCCCCCC(=O)NC(COP(=O)([O-])OCC[N+](C)(C)C)C(/C=C\CCCCCCCCCCC)OC(=O)CCCCCCCCCCCCCCCCCCC. The molecule has 3 atom stereocenters. The summed E-state index contributed by atoms with van der Waals surface area (Å²) < 4.78 is 30.3. The van der Waals surface area contributed by atoms with E-state index in [1.807, 2.05) is 33.3 Å². The zero-order valence-corrected chi connectivity index (χ0v) is 52.3. The molecule has 0 aliphatic rings. The molecule has 0 aromatic carbocycles. The van der Waals surface area contributed by atoms with E-state index in [0.717, 1.165) is 89.9 Å². The molecule has 0 aliphatic heterocycles. The molecule has 10 heteroatoms. The van der Waals surface area contributed by atoms with Crippen LogP contribution in [0.15, 0.2) is 60.8 Å². The van der Waals surface area contributed by atoms with Crippen molar-refractivity contribution in [2.45, 2.75) is 315 Å². The van der Waals surface area contributed by atoms with Gasteiger partial charge in [0.15, 0.2) is 0 Å². The molecule has 0 aromatic heterocycles. The summed E-state index contributed by atoms with van der Waals surface area (Å²) in [6.45, 7) is 6.83. The van der Waals surface area contributed by atoms with Crippen LogP contribution in [0.1, 0.15) is 303 Å². The monoisotopic (exact) mass is 1100 g/mol. The maximum absolute atomic E-state index is 13.5. The van der Waals surface area contributed by atoms with Crippen molar-refractivity contribution < 1.29 is 37.3 Å². The van der Waals surface area contributed by atoms with Crippen LogP contribution in [0.5, 0.6) is 0 Å². The Balaban J connectivity index is 5.16. The van der Waals surface area contributed by atoms with Gasteiger partial charge in [0.1, 0.15) is 19.3 Å². The molecule has 0 heterocycles.